The Morgan fingerprint density at radius 3 is 2.15 bits per heavy atom. The molecular weight excluding hydrogens is 274 g/mol. The second-order valence-corrected chi connectivity index (χ2v) is 9.14. The first-order chi connectivity index (χ1) is 8.83. The first-order valence-electron chi connectivity index (χ1n) is 6.82. The van der Waals surface area contributed by atoms with E-state index in [1.54, 1.807) is 6.33 Å². The average molecular weight is 301 g/mol. The van der Waals surface area contributed by atoms with Crippen LogP contribution in [0, 0.1) is 0 Å². The zero-order chi connectivity index (χ0) is 15.8. The smallest absolute Gasteiger partial charge is 0.211 e. The number of hydrogen-bond donors (Lipinski definition) is 0. The van der Waals surface area contributed by atoms with Crippen LogP contribution in [0.15, 0.2) is 12.5 Å². The van der Waals surface area contributed by atoms with Crippen LogP contribution in [0.4, 0.5) is 0 Å². The summed E-state index contributed by atoms with van der Waals surface area (Å²) in [5, 5.41) is 0. The molecular formula is C14H27N3O2S. The van der Waals surface area contributed by atoms with Crippen molar-refractivity contribution in [2.45, 2.75) is 59.0 Å². The summed E-state index contributed by atoms with van der Waals surface area (Å²) in [6, 6.07) is 0. The fourth-order valence-corrected chi connectivity index (χ4v) is 3.73. The van der Waals surface area contributed by atoms with Crippen LogP contribution in [0.2, 0.25) is 0 Å². The van der Waals surface area contributed by atoms with Gasteiger partial charge < -0.3 is 4.57 Å². The van der Waals surface area contributed by atoms with E-state index in [4.69, 9.17) is 0 Å². The van der Waals surface area contributed by atoms with Gasteiger partial charge in [-0.3, -0.25) is 0 Å². The summed E-state index contributed by atoms with van der Waals surface area (Å²) in [6.45, 7) is 13.2. The van der Waals surface area contributed by atoms with Crippen LogP contribution in [0.5, 0.6) is 0 Å². The minimum Gasteiger partial charge on any atom is -0.333 e. The molecule has 0 unspecified atom stereocenters. The van der Waals surface area contributed by atoms with Crippen molar-refractivity contribution in [1.29, 1.82) is 0 Å². The molecule has 0 spiro atoms. The molecule has 1 aromatic rings. The van der Waals surface area contributed by atoms with Crippen LogP contribution in [-0.4, -0.2) is 40.6 Å². The molecule has 0 radical (unpaired) electrons. The van der Waals surface area contributed by atoms with Crippen molar-refractivity contribution in [2.75, 3.05) is 12.8 Å². The first kappa shape index (κ1) is 17.2. The molecule has 0 bridgehead atoms. The molecule has 0 saturated heterocycles. The number of aromatic nitrogens is 2. The zero-order valence-corrected chi connectivity index (χ0v) is 14.5. The highest BCUT2D eigenvalue weighted by atomic mass is 32.2. The molecule has 0 saturated carbocycles. The molecule has 0 aliphatic carbocycles. The predicted octanol–water partition coefficient (Wildman–Crippen LogP) is 2.24. The summed E-state index contributed by atoms with van der Waals surface area (Å²) in [7, 11) is -3.22. The Morgan fingerprint density at radius 2 is 1.75 bits per heavy atom. The van der Waals surface area contributed by atoms with E-state index in [0.717, 1.165) is 5.69 Å². The van der Waals surface area contributed by atoms with Gasteiger partial charge in [0.1, 0.15) is 0 Å². The van der Waals surface area contributed by atoms with Crippen LogP contribution in [-0.2, 0) is 22.0 Å². The number of imidazole rings is 1. The van der Waals surface area contributed by atoms with Crippen molar-refractivity contribution in [1.82, 2.24) is 13.9 Å². The monoisotopic (exact) mass is 301 g/mol. The second kappa shape index (κ2) is 5.48. The molecule has 0 aromatic carbocycles. The van der Waals surface area contributed by atoms with Crippen molar-refractivity contribution in [2.24, 2.45) is 0 Å². The summed E-state index contributed by atoms with van der Waals surface area (Å²) < 4.78 is 27.4. The number of hydrogen-bond acceptors (Lipinski definition) is 3. The molecule has 1 aromatic heterocycles. The maximum Gasteiger partial charge on any atom is 0.211 e. The van der Waals surface area contributed by atoms with Crippen molar-refractivity contribution < 1.29 is 8.42 Å². The average Bonchev–Trinajstić information content (AvgIpc) is 2.60. The van der Waals surface area contributed by atoms with Crippen LogP contribution in [0.3, 0.4) is 0 Å². The van der Waals surface area contributed by atoms with Crippen molar-refractivity contribution in [3.63, 3.8) is 0 Å². The topological polar surface area (TPSA) is 55.2 Å². The van der Waals surface area contributed by atoms with Crippen LogP contribution >= 0.6 is 0 Å². The molecule has 0 amide bonds. The lowest BCUT2D eigenvalue weighted by atomic mass is 9.92. The summed E-state index contributed by atoms with van der Waals surface area (Å²) >= 11 is 0. The highest BCUT2D eigenvalue weighted by Crippen LogP contribution is 2.22. The van der Waals surface area contributed by atoms with E-state index in [1.807, 2.05) is 31.5 Å². The molecule has 6 heteroatoms. The Morgan fingerprint density at radius 1 is 1.20 bits per heavy atom. The molecule has 5 nitrogen and oxygen atoms in total. The van der Waals surface area contributed by atoms with Crippen molar-refractivity contribution in [3.05, 3.63) is 18.2 Å². The largest absolute Gasteiger partial charge is 0.333 e. The zero-order valence-electron chi connectivity index (χ0n) is 13.6. The lowest BCUT2D eigenvalue weighted by molar-refractivity contribution is 0.241. The third-order valence-electron chi connectivity index (χ3n) is 3.17. The van der Waals surface area contributed by atoms with Crippen molar-refractivity contribution in [3.8, 4) is 0 Å². The molecule has 1 rings (SSSR count). The Kier molecular flexibility index (Phi) is 4.71. The van der Waals surface area contributed by atoms with E-state index in [-0.39, 0.29) is 5.41 Å². The van der Waals surface area contributed by atoms with Gasteiger partial charge in [0.25, 0.3) is 0 Å². The lowest BCUT2D eigenvalue weighted by Gasteiger charge is -2.33. The molecule has 20 heavy (non-hydrogen) atoms. The summed E-state index contributed by atoms with van der Waals surface area (Å²) in [4.78, 5) is 4.19. The van der Waals surface area contributed by atoms with E-state index in [2.05, 4.69) is 25.8 Å². The SMILES string of the molecule is CC(C)(C)c1cncn1CCN(C(C)(C)C)S(C)(=O)=O. The van der Waals surface area contributed by atoms with Gasteiger partial charge in [-0.15, -0.1) is 0 Å². The third-order valence-corrected chi connectivity index (χ3v) is 4.70. The van der Waals surface area contributed by atoms with Gasteiger partial charge in [-0.1, -0.05) is 20.8 Å². The fourth-order valence-electron chi connectivity index (χ4n) is 2.32. The van der Waals surface area contributed by atoms with E-state index in [0.29, 0.717) is 13.1 Å². The highest BCUT2D eigenvalue weighted by Gasteiger charge is 2.29. The molecule has 0 aliphatic heterocycles. The van der Waals surface area contributed by atoms with Crippen LogP contribution in [0.25, 0.3) is 0 Å². The van der Waals surface area contributed by atoms with Gasteiger partial charge in [0.15, 0.2) is 0 Å². The quantitative estimate of drug-likeness (QED) is 0.857. The second-order valence-electron chi connectivity index (χ2n) is 7.23. The standard InChI is InChI=1S/C14H27N3O2S/c1-13(2,3)12-10-15-11-16(12)8-9-17(14(4,5)6)20(7,18)19/h10-11H,8-9H2,1-7H3. The van der Waals surface area contributed by atoms with E-state index >= 15 is 0 Å². The minimum absolute atomic E-state index is 0.00580. The van der Waals surface area contributed by atoms with Gasteiger partial charge in [0.05, 0.1) is 12.6 Å². The van der Waals surface area contributed by atoms with Gasteiger partial charge in [0.2, 0.25) is 10.0 Å². The van der Waals surface area contributed by atoms with Gasteiger partial charge in [0, 0.05) is 35.9 Å². The van der Waals surface area contributed by atoms with E-state index in [9.17, 15) is 8.42 Å². The Bertz CT molecular complexity index is 548. The highest BCUT2D eigenvalue weighted by molar-refractivity contribution is 7.88. The molecule has 1 heterocycles. The maximum absolute atomic E-state index is 11.9. The van der Waals surface area contributed by atoms with Gasteiger partial charge in [-0.25, -0.2) is 13.4 Å². The van der Waals surface area contributed by atoms with E-state index in [1.165, 1.54) is 10.6 Å². The summed E-state index contributed by atoms with van der Waals surface area (Å²) in [5.41, 5.74) is 0.685. The maximum atomic E-state index is 11.9. The fraction of sp³-hybridized carbons (Fsp3) is 0.786. The summed E-state index contributed by atoms with van der Waals surface area (Å²) in [6.07, 6.45) is 4.88. The number of rotatable bonds is 4. The first-order valence-corrected chi connectivity index (χ1v) is 8.67. The van der Waals surface area contributed by atoms with Gasteiger partial charge >= 0.3 is 0 Å². The van der Waals surface area contributed by atoms with Crippen LogP contribution < -0.4 is 0 Å². The summed E-state index contributed by atoms with van der Waals surface area (Å²) in [5.74, 6) is 0. The minimum atomic E-state index is -3.22. The Labute approximate surface area is 123 Å². The molecule has 0 fully saturated rings. The van der Waals surface area contributed by atoms with Gasteiger partial charge in [-0.05, 0) is 20.8 Å². The molecule has 0 aliphatic rings. The molecule has 116 valence electrons. The van der Waals surface area contributed by atoms with E-state index < -0.39 is 15.6 Å². The van der Waals surface area contributed by atoms with Gasteiger partial charge in [-0.2, -0.15) is 4.31 Å². The lowest BCUT2D eigenvalue weighted by Crippen LogP contribution is -2.46. The Hall–Kier alpha value is -0.880. The number of sulfonamides is 1. The molecule has 0 atom stereocenters. The predicted molar refractivity (Wildman–Crippen MR) is 82.2 cm³/mol. The normalized spacial score (nSPS) is 14.0. The van der Waals surface area contributed by atoms with Crippen LogP contribution in [0.1, 0.15) is 47.2 Å². The molecule has 0 N–H and O–H groups in total. The Balaban J connectivity index is 2.93. The van der Waals surface area contributed by atoms with Crippen molar-refractivity contribution >= 4 is 10.0 Å². The number of nitrogens with zero attached hydrogens (tertiary/aromatic N) is 3. The third kappa shape index (κ3) is 4.31.